The predicted octanol–water partition coefficient (Wildman–Crippen LogP) is 1.46. The topological polar surface area (TPSA) is 59.4 Å². The number of aromatic nitrogens is 2. The quantitative estimate of drug-likeness (QED) is 0.928. The number of morpholine rings is 1. The van der Waals surface area contributed by atoms with Gasteiger partial charge in [-0.25, -0.2) is 4.68 Å². The lowest BCUT2D eigenvalue weighted by Gasteiger charge is -2.33. The Morgan fingerprint density at radius 1 is 1.33 bits per heavy atom. The molecule has 2 aliphatic heterocycles. The van der Waals surface area contributed by atoms with E-state index in [0.29, 0.717) is 11.6 Å². The number of nitrogens with one attached hydrogen (secondary N) is 1. The first kappa shape index (κ1) is 15.4. The van der Waals surface area contributed by atoms with E-state index in [1.807, 2.05) is 36.5 Å². The van der Waals surface area contributed by atoms with Crippen LogP contribution in [0.2, 0.25) is 0 Å². The first-order valence-corrected chi connectivity index (χ1v) is 8.45. The van der Waals surface area contributed by atoms with Crippen molar-refractivity contribution in [2.45, 2.75) is 31.5 Å². The van der Waals surface area contributed by atoms with Crippen LogP contribution in [0.5, 0.6) is 0 Å². The van der Waals surface area contributed by atoms with Gasteiger partial charge in [0, 0.05) is 43.1 Å². The molecule has 24 heavy (non-hydrogen) atoms. The first-order chi connectivity index (χ1) is 11.7. The van der Waals surface area contributed by atoms with Crippen molar-refractivity contribution < 1.29 is 9.53 Å². The smallest absolute Gasteiger partial charge is 0.251 e. The van der Waals surface area contributed by atoms with E-state index in [1.165, 1.54) is 0 Å². The Morgan fingerprint density at radius 2 is 2.25 bits per heavy atom. The van der Waals surface area contributed by atoms with Crippen molar-refractivity contribution in [3.63, 3.8) is 0 Å². The average Bonchev–Trinajstić information content (AvgIpc) is 3.23. The van der Waals surface area contributed by atoms with Crippen molar-refractivity contribution in [3.8, 4) is 5.69 Å². The second kappa shape index (κ2) is 6.37. The second-order valence-electron chi connectivity index (χ2n) is 6.66. The minimum Gasteiger partial charge on any atom is -0.376 e. The van der Waals surface area contributed by atoms with Crippen LogP contribution in [-0.4, -0.2) is 58.5 Å². The summed E-state index contributed by atoms with van der Waals surface area (Å²) < 4.78 is 7.48. The summed E-state index contributed by atoms with van der Waals surface area (Å²) in [5, 5.41) is 7.38. The molecule has 6 nitrogen and oxygen atoms in total. The Labute approximate surface area is 141 Å². The summed E-state index contributed by atoms with van der Waals surface area (Å²) in [6.45, 7) is 4.72. The lowest BCUT2D eigenvalue weighted by atomic mass is 10.1. The molecule has 0 aliphatic carbocycles. The minimum atomic E-state index is -0.0252. The summed E-state index contributed by atoms with van der Waals surface area (Å²) in [6.07, 6.45) is 4.83. The fourth-order valence-electron chi connectivity index (χ4n) is 3.62. The van der Waals surface area contributed by atoms with Crippen molar-refractivity contribution in [2.75, 3.05) is 19.7 Å². The van der Waals surface area contributed by atoms with E-state index in [-0.39, 0.29) is 18.1 Å². The van der Waals surface area contributed by atoms with E-state index >= 15 is 0 Å². The molecule has 2 aliphatic rings. The van der Waals surface area contributed by atoms with E-state index in [1.54, 1.807) is 10.9 Å². The molecule has 2 saturated heterocycles. The number of benzene rings is 1. The summed E-state index contributed by atoms with van der Waals surface area (Å²) in [5.74, 6) is -0.0252. The summed E-state index contributed by atoms with van der Waals surface area (Å²) in [7, 11) is 0. The number of nitrogens with zero attached hydrogens (tertiary/aromatic N) is 3. The predicted molar refractivity (Wildman–Crippen MR) is 90.2 cm³/mol. The normalized spacial score (nSPS) is 27.0. The van der Waals surface area contributed by atoms with Gasteiger partial charge in [-0.05, 0) is 37.6 Å². The van der Waals surface area contributed by atoms with E-state index < -0.39 is 0 Å². The highest BCUT2D eigenvalue weighted by atomic mass is 16.5. The third kappa shape index (κ3) is 3.07. The molecule has 2 aromatic rings. The van der Waals surface area contributed by atoms with Crippen molar-refractivity contribution in [1.82, 2.24) is 20.0 Å². The summed E-state index contributed by atoms with van der Waals surface area (Å²) in [4.78, 5) is 15.0. The van der Waals surface area contributed by atoms with Crippen molar-refractivity contribution in [3.05, 3.63) is 48.3 Å². The van der Waals surface area contributed by atoms with Crippen LogP contribution in [0.15, 0.2) is 42.7 Å². The van der Waals surface area contributed by atoms with Gasteiger partial charge in [0.15, 0.2) is 0 Å². The Morgan fingerprint density at radius 3 is 3.08 bits per heavy atom. The van der Waals surface area contributed by atoms with Gasteiger partial charge in [-0.2, -0.15) is 5.10 Å². The van der Waals surface area contributed by atoms with Crippen molar-refractivity contribution in [2.24, 2.45) is 0 Å². The summed E-state index contributed by atoms with van der Waals surface area (Å²) in [6, 6.07) is 10.0. The Kier molecular flexibility index (Phi) is 4.08. The maximum atomic E-state index is 12.6. The van der Waals surface area contributed by atoms with Crippen molar-refractivity contribution in [1.29, 1.82) is 0 Å². The number of hydrogen-bond acceptors (Lipinski definition) is 4. The summed E-state index contributed by atoms with van der Waals surface area (Å²) in [5.41, 5.74) is 1.55. The molecule has 4 rings (SSSR count). The summed E-state index contributed by atoms with van der Waals surface area (Å²) >= 11 is 0. The zero-order valence-corrected chi connectivity index (χ0v) is 13.8. The molecule has 2 fully saturated rings. The molecule has 0 unspecified atom stereocenters. The largest absolute Gasteiger partial charge is 0.376 e. The third-order valence-corrected chi connectivity index (χ3v) is 4.81. The molecule has 0 bridgehead atoms. The SMILES string of the molecule is C[C@H]1CN2C[C@H](NC(=O)c3cccc(-n4cccn4)c3)C[C@H]2CO1. The van der Waals surface area contributed by atoms with Crippen LogP contribution in [0.25, 0.3) is 5.69 Å². The van der Waals surface area contributed by atoms with Crippen molar-refractivity contribution >= 4 is 5.91 Å². The molecule has 6 heteroatoms. The highest BCUT2D eigenvalue weighted by Crippen LogP contribution is 2.23. The van der Waals surface area contributed by atoms with Gasteiger partial charge in [-0.1, -0.05) is 6.07 Å². The molecule has 1 amide bonds. The Balaban J connectivity index is 1.43. The zero-order chi connectivity index (χ0) is 16.5. The van der Waals surface area contributed by atoms with Gasteiger partial charge in [0.25, 0.3) is 5.91 Å². The molecule has 1 aromatic heterocycles. The van der Waals surface area contributed by atoms with Gasteiger partial charge in [-0.3, -0.25) is 9.69 Å². The van der Waals surface area contributed by atoms with Crippen LogP contribution in [0.1, 0.15) is 23.7 Å². The average molecular weight is 326 g/mol. The van der Waals surface area contributed by atoms with Crippen LogP contribution in [0.3, 0.4) is 0 Å². The molecule has 126 valence electrons. The fraction of sp³-hybridized carbons (Fsp3) is 0.444. The van der Waals surface area contributed by atoms with Crippen LogP contribution < -0.4 is 5.32 Å². The molecule has 3 heterocycles. The molecule has 3 atom stereocenters. The lowest BCUT2D eigenvalue weighted by molar-refractivity contribution is -0.0390. The van der Waals surface area contributed by atoms with Crippen LogP contribution in [0.4, 0.5) is 0 Å². The second-order valence-corrected chi connectivity index (χ2v) is 6.66. The number of fused-ring (bicyclic) bond motifs is 1. The van der Waals surface area contributed by atoms with E-state index in [9.17, 15) is 4.79 Å². The number of amides is 1. The standard InChI is InChI=1S/C18H22N4O2/c1-13-10-21-11-15(9-17(21)12-24-13)20-18(23)14-4-2-5-16(8-14)22-7-3-6-19-22/h2-8,13,15,17H,9-12H2,1H3,(H,20,23)/t13-,15+,17-/m0/s1. The lowest BCUT2D eigenvalue weighted by Crippen LogP contribution is -2.45. The maximum absolute atomic E-state index is 12.6. The number of rotatable bonds is 3. The zero-order valence-electron chi connectivity index (χ0n) is 13.8. The van der Waals surface area contributed by atoms with Gasteiger partial charge >= 0.3 is 0 Å². The molecule has 0 radical (unpaired) electrons. The van der Waals surface area contributed by atoms with Crippen LogP contribution in [-0.2, 0) is 4.74 Å². The van der Waals surface area contributed by atoms with Gasteiger partial charge in [0.1, 0.15) is 0 Å². The maximum Gasteiger partial charge on any atom is 0.251 e. The van der Waals surface area contributed by atoms with Gasteiger partial charge in [-0.15, -0.1) is 0 Å². The fourth-order valence-corrected chi connectivity index (χ4v) is 3.62. The first-order valence-electron chi connectivity index (χ1n) is 8.45. The number of ether oxygens (including phenoxy) is 1. The Hall–Kier alpha value is -2.18. The highest BCUT2D eigenvalue weighted by molar-refractivity contribution is 5.95. The van der Waals surface area contributed by atoms with E-state index in [0.717, 1.165) is 31.8 Å². The molecular weight excluding hydrogens is 304 g/mol. The highest BCUT2D eigenvalue weighted by Gasteiger charge is 2.36. The monoisotopic (exact) mass is 326 g/mol. The van der Waals surface area contributed by atoms with Crippen LogP contribution >= 0.6 is 0 Å². The van der Waals surface area contributed by atoms with Gasteiger partial charge in [0.05, 0.1) is 18.4 Å². The minimum absolute atomic E-state index is 0.0252. The van der Waals surface area contributed by atoms with E-state index in [2.05, 4.69) is 22.2 Å². The van der Waals surface area contributed by atoms with E-state index in [4.69, 9.17) is 4.74 Å². The molecule has 1 N–H and O–H groups in total. The van der Waals surface area contributed by atoms with Gasteiger partial charge in [0.2, 0.25) is 0 Å². The van der Waals surface area contributed by atoms with Crippen LogP contribution in [0, 0.1) is 0 Å². The third-order valence-electron chi connectivity index (χ3n) is 4.81. The molecule has 0 spiro atoms. The molecule has 0 saturated carbocycles. The number of carbonyl (C=O) groups excluding carboxylic acids is 1. The molecular formula is C18H22N4O2. The van der Waals surface area contributed by atoms with Gasteiger partial charge < -0.3 is 10.1 Å². The number of carbonyl (C=O) groups is 1. The Bertz CT molecular complexity index is 716. The number of hydrogen-bond donors (Lipinski definition) is 1. The molecule has 1 aromatic carbocycles.